The monoisotopic (exact) mass is 404 g/mol. The molecule has 30 heavy (non-hydrogen) atoms. The number of likely N-dealkylation sites (tertiary alicyclic amines) is 1. The van der Waals surface area contributed by atoms with Gasteiger partial charge in [-0.2, -0.15) is 5.26 Å². The molecular weight excluding hydrogens is 376 g/mol. The quantitative estimate of drug-likeness (QED) is 0.573. The van der Waals surface area contributed by atoms with Crippen molar-refractivity contribution in [3.8, 4) is 11.8 Å². The van der Waals surface area contributed by atoms with Crippen molar-refractivity contribution in [3.63, 3.8) is 0 Å². The van der Waals surface area contributed by atoms with E-state index in [0.29, 0.717) is 36.4 Å². The van der Waals surface area contributed by atoms with Crippen molar-refractivity contribution >= 4 is 11.0 Å². The topological polar surface area (TPSA) is 74.3 Å². The van der Waals surface area contributed by atoms with Crippen LogP contribution in [0.25, 0.3) is 11.0 Å². The second kappa shape index (κ2) is 9.75. The molecule has 3 aromatic rings. The predicted molar refractivity (Wildman–Crippen MR) is 116 cm³/mol. The number of fused-ring (bicyclic) bond motifs is 1. The number of rotatable bonds is 8. The summed E-state index contributed by atoms with van der Waals surface area (Å²) in [5.74, 6) is 1.17. The summed E-state index contributed by atoms with van der Waals surface area (Å²) in [7, 11) is 0. The van der Waals surface area contributed by atoms with E-state index in [1.54, 1.807) is 6.07 Å². The predicted octanol–water partition coefficient (Wildman–Crippen LogP) is 3.97. The molecule has 2 heterocycles. The van der Waals surface area contributed by atoms with Crippen molar-refractivity contribution in [2.24, 2.45) is 5.92 Å². The molecule has 1 aliphatic heterocycles. The minimum atomic E-state index is 0.479. The minimum Gasteiger partial charge on any atom is -0.492 e. The fourth-order valence-electron chi connectivity index (χ4n) is 4.10. The molecule has 0 radical (unpaired) electrons. The molecule has 0 amide bonds. The summed E-state index contributed by atoms with van der Waals surface area (Å²) in [5.41, 5.74) is 2.39. The summed E-state index contributed by atoms with van der Waals surface area (Å²) in [6.45, 7) is 6.56. The number of aromatic nitrogens is 1. The SMILES string of the molecule is C[C@H]1CC[C@@H](COc2ccccc2C#N)CN1CCNCc1noc2ccccc12. The summed E-state index contributed by atoms with van der Waals surface area (Å²) in [6, 6.07) is 18.2. The third-order valence-corrected chi connectivity index (χ3v) is 5.91. The Hall–Kier alpha value is -2.88. The highest BCUT2D eigenvalue weighted by molar-refractivity contribution is 5.79. The van der Waals surface area contributed by atoms with E-state index in [-0.39, 0.29) is 0 Å². The summed E-state index contributed by atoms with van der Waals surface area (Å²) >= 11 is 0. The van der Waals surface area contributed by atoms with E-state index in [0.717, 1.165) is 42.7 Å². The van der Waals surface area contributed by atoms with Crippen LogP contribution in [0.3, 0.4) is 0 Å². The molecule has 2 aromatic carbocycles. The number of hydrogen-bond donors (Lipinski definition) is 1. The molecule has 1 aromatic heterocycles. The molecule has 4 rings (SSSR count). The van der Waals surface area contributed by atoms with Crippen LogP contribution in [0.4, 0.5) is 0 Å². The number of nitriles is 1. The van der Waals surface area contributed by atoms with Crippen LogP contribution in [0.1, 0.15) is 31.0 Å². The van der Waals surface area contributed by atoms with Gasteiger partial charge in [0.2, 0.25) is 0 Å². The lowest BCUT2D eigenvalue weighted by molar-refractivity contribution is 0.0901. The average Bonchev–Trinajstić information content (AvgIpc) is 3.20. The van der Waals surface area contributed by atoms with Crippen LogP contribution < -0.4 is 10.1 Å². The maximum Gasteiger partial charge on any atom is 0.167 e. The minimum absolute atomic E-state index is 0.479. The fraction of sp³-hybridized carbons (Fsp3) is 0.417. The van der Waals surface area contributed by atoms with Gasteiger partial charge in [0.1, 0.15) is 17.5 Å². The Morgan fingerprint density at radius 1 is 1.20 bits per heavy atom. The van der Waals surface area contributed by atoms with Crippen LogP contribution in [0.5, 0.6) is 5.75 Å². The van der Waals surface area contributed by atoms with Gasteiger partial charge >= 0.3 is 0 Å². The van der Waals surface area contributed by atoms with E-state index in [1.165, 1.54) is 6.42 Å². The third-order valence-electron chi connectivity index (χ3n) is 5.91. The van der Waals surface area contributed by atoms with E-state index < -0.39 is 0 Å². The first-order chi connectivity index (χ1) is 14.7. The van der Waals surface area contributed by atoms with E-state index in [4.69, 9.17) is 9.26 Å². The summed E-state index contributed by atoms with van der Waals surface area (Å²) in [5, 5.41) is 18.0. The Kier molecular flexibility index (Phi) is 6.63. The van der Waals surface area contributed by atoms with E-state index >= 15 is 0 Å². The summed E-state index contributed by atoms with van der Waals surface area (Å²) in [6.07, 6.45) is 2.33. The first-order valence-electron chi connectivity index (χ1n) is 10.6. The van der Waals surface area contributed by atoms with Gasteiger partial charge in [0.25, 0.3) is 0 Å². The van der Waals surface area contributed by atoms with E-state index in [1.807, 2.05) is 42.5 Å². The number of nitrogens with one attached hydrogen (secondary N) is 1. The molecule has 0 aliphatic carbocycles. The van der Waals surface area contributed by atoms with Gasteiger partial charge in [-0.3, -0.25) is 4.90 Å². The number of nitrogens with zero attached hydrogens (tertiary/aromatic N) is 3. The molecule has 2 atom stereocenters. The molecule has 1 N–H and O–H groups in total. The standard InChI is InChI=1S/C24H28N4O2/c1-18-10-11-19(17-29-23-8-4-2-6-20(23)14-25)16-28(18)13-12-26-15-22-21-7-3-5-9-24(21)30-27-22/h2-9,18-19,26H,10-13,15-17H2,1H3/t18-,19+/m0/s1. The van der Waals surface area contributed by atoms with Crippen LogP contribution >= 0.6 is 0 Å². The van der Waals surface area contributed by atoms with Gasteiger partial charge in [-0.15, -0.1) is 0 Å². The number of hydrogen-bond acceptors (Lipinski definition) is 6. The number of piperidine rings is 1. The maximum atomic E-state index is 9.22. The van der Waals surface area contributed by atoms with Crippen molar-refractivity contribution in [2.45, 2.75) is 32.4 Å². The Morgan fingerprint density at radius 2 is 2.03 bits per heavy atom. The summed E-state index contributed by atoms with van der Waals surface area (Å²) < 4.78 is 11.4. The number of ether oxygens (including phenoxy) is 1. The molecule has 0 spiro atoms. The first kappa shape index (κ1) is 20.4. The van der Waals surface area contributed by atoms with Crippen molar-refractivity contribution in [3.05, 3.63) is 59.8 Å². The average molecular weight is 405 g/mol. The van der Waals surface area contributed by atoms with Crippen molar-refractivity contribution in [2.75, 3.05) is 26.2 Å². The van der Waals surface area contributed by atoms with Gasteiger partial charge in [-0.1, -0.05) is 29.4 Å². The zero-order valence-corrected chi connectivity index (χ0v) is 17.4. The van der Waals surface area contributed by atoms with Gasteiger partial charge in [-0.25, -0.2) is 0 Å². The molecule has 6 nitrogen and oxygen atoms in total. The first-order valence-corrected chi connectivity index (χ1v) is 10.6. The van der Waals surface area contributed by atoms with Crippen molar-refractivity contribution in [1.82, 2.24) is 15.4 Å². The Morgan fingerprint density at radius 3 is 2.93 bits per heavy atom. The van der Waals surface area contributed by atoms with Crippen LogP contribution in [0, 0.1) is 17.2 Å². The van der Waals surface area contributed by atoms with Gasteiger partial charge < -0.3 is 14.6 Å². The number of para-hydroxylation sites is 2. The van der Waals surface area contributed by atoms with E-state index in [2.05, 4.69) is 28.4 Å². The molecule has 1 fully saturated rings. The normalized spacial score (nSPS) is 19.6. The van der Waals surface area contributed by atoms with Crippen molar-refractivity contribution in [1.29, 1.82) is 5.26 Å². The lowest BCUT2D eigenvalue weighted by Crippen LogP contribution is -2.46. The molecule has 6 heteroatoms. The molecule has 1 aliphatic rings. The second-order valence-corrected chi connectivity index (χ2v) is 8.01. The highest BCUT2D eigenvalue weighted by Crippen LogP contribution is 2.24. The van der Waals surface area contributed by atoms with Crippen molar-refractivity contribution < 1.29 is 9.26 Å². The zero-order valence-electron chi connectivity index (χ0n) is 17.4. The van der Waals surface area contributed by atoms with Gasteiger partial charge in [0, 0.05) is 43.5 Å². The molecule has 0 unspecified atom stereocenters. The Balaban J connectivity index is 1.24. The highest BCUT2D eigenvalue weighted by atomic mass is 16.5. The lowest BCUT2D eigenvalue weighted by Gasteiger charge is -2.38. The van der Waals surface area contributed by atoms with Gasteiger partial charge in [-0.05, 0) is 44.0 Å². The highest BCUT2D eigenvalue weighted by Gasteiger charge is 2.25. The van der Waals surface area contributed by atoms with Crippen LogP contribution in [-0.2, 0) is 6.54 Å². The molecule has 156 valence electrons. The molecule has 1 saturated heterocycles. The lowest BCUT2D eigenvalue weighted by atomic mass is 9.94. The molecule has 0 saturated carbocycles. The van der Waals surface area contributed by atoms with E-state index in [9.17, 15) is 5.26 Å². The largest absolute Gasteiger partial charge is 0.492 e. The molecular formula is C24H28N4O2. The Labute approximate surface area is 177 Å². The van der Waals surface area contributed by atoms with Crippen LogP contribution in [0.15, 0.2) is 53.1 Å². The molecule has 0 bridgehead atoms. The maximum absolute atomic E-state index is 9.22. The third kappa shape index (κ3) is 4.81. The fourth-order valence-corrected chi connectivity index (χ4v) is 4.10. The smallest absolute Gasteiger partial charge is 0.167 e. The van der Waals surface area contributed by atoms with Gasteiger partial charge in [0.05, 0.1) is 12.2 Å². The summed E-state index contributed by atoms with van der Waals surface area (Å²) in [4.78, 5) is 2.53. The second-order valence-electron chi connectivity index (χ2n) is 8.01. The zero-order chi connectivity index (χ0) is 20.8. The Bertz CT molecular complexity index is 1010. The van der Waals surface area contributed by atoms with Crippen LogP contribution in [0.2, 0.25) is 0 Å². The number of benzene rings is 2. The van der Waals surface area contributed by atoms with Crippen LogP contribution in [-0.4, -0.2) is 42.3 Å². The van der Waals surface area contributed by atoms with Gasteiger partial charge in [0.15, 0.2) is 5.58 Å².